The number of aryl methyl sites for hydroxylation is 1. The molecule has 0 N–H and O–H groups in total. The summed E-state index contributed by atoms with van der Waals surface area (Å²) in [5.74, 6) is 0.724. The van der Waals surface area contributed by atoms with Crippen LogP contribution in [0.15, 0.2) is 11.2 Å². The lowest BCUT2D eigenvalue weighted by atomic mass is 9.94. The normalized spacial score (nSPS) is 15.5. The highest BCUT2D eigenvalue weighted by Gasteiger charge is 2.21. The van der Waals surface area contributed by atoms with Crippen LogP contribution in [0.1, 0.15) is 25.0 Å². The molecule has 98 valence electrons. The number of aromatic nitrogens is 3. The van der Waals surface area contributed by atoms with Crippen molar-refractivity contribution in [3.05, 3.63) is 11.8 Å². The third-order valence-electron chi connectivity index (χ3n) is 3.51. The molecule has 6 heteroatoms. The molecule has 0 aliphatic heterocycles. The first-order chi connectivity index (χ1) is 9.17. The van der Waals surface area contributed by atoms with Crippen molar-refractivity contribution in [2.24, 2.45) is 0 Å². The van der Waals surface area contributed by atoms with E-state index in [4.69, 9.17) is 4.74 Å². The Hall–Kier alpha value is -1.30. The SMILES string of the molecule is Bc1cc2c(C)nc(SC)nc2nc1OC1CCC1. The van der Waals surface area contributed by atoms with Crippen LogP contribution in [0, 0.1) is 6.92 Å². The Kier molecular flexibility index (Phi) is 3.35. The molecule has 0 saturated heterocycles. The standard InChI is InChI=1S/C13H16BN3OS/c1-7-9-6-10(14)12(18-8-4-3-5-8)16-11(9)17-13(15-7)19-2/h6,8H,3-5,14H2,1-2H3. The van der Waals surface area contributed by atoms with Crippen LogP contribution >= 0.6 is 11.8 Å². The van der Waals surface area contributed by atoms with E-state index in [2.05, 4.69) is 21.0 Å². The van der Waals surface area contributed by atoms with Gasteiger partial charge in [0.2, 0.25) is 5.88 Å². The average molecular weight is 273 g/mol. The first-order valence-electron chi connectivity index (χ1n) is 6.54. The number of pyridine rings is 1. The highest BCUT2D eigenvalue weighted by atomic mass is 32.2. The lowest BCUT2D eigenvalue weighted by Crippen LogP contribution is -2.28. The molecular formula is C13H16BN3OS. The Morgan fingerprint density at radius 2 is 2.11 bits per heavy atom. The molecule has 0 spiro atoms. The van der Waals surface area contributed by atoms with E-state index in [9.17, 15) is 0 Å². The van der Waals surface area contributed by atoms with Gasteiger partial charge in [0, 0.05) is 5.39 Å². The summed E-state index contributed by atoms with van der Waals surface area (Å²) in [6.45, 7) is 2.00. The first-order valence-corrected chi connectivity index (χ1v) is 7.76. The topological polar surface area (TPSA) is 47.9 Å². The number of thioether (sulfide) groups is 1. The van der Waals surface area contributed by atoms with E-state index in [0.29, 0.717) is 6.10 Å². The summed E-state index contributed by atoms with van der Waals surface area (Å²) < 4.78 is 5.92. The maximum absolute atomic E-state index is 5.92. The number of rotatable bonds is 3. The van der Waals surface area contributed by atoms with Crippen LogP contribution < -0.4 is 10.2 Å². The molecule has 1 aliphatic rings. The van der Waals surface area contributed by atoms with Crippen molar-refractivity contribution in [2.45, 2.75) is 37.4 Å². The molecule has 3 rings (SSSR count). The van der Waals surface area contributed by atoms with E-state index >= 15 is 0 Å². The Bertz CT molecular complexity index is 631. The zero-order valence-corrected chi connectivity index (χ0v) is 12.3. The summed E-state index contributed by atoms with van der Waals surface area (Å²) in [5.41, 5.74) is 2.76. The lowest BCUT2D eigenvalue weighted by Gasteiger charge is -2.26. The van der Waals surface area contributed by atoms with Gasteiger partial charge in [0.25, 0.3) is 0 Å². The fraction of sp³-hybridized carbons (Fsp3) is 0.462. The number of fused-ring (bicyclic) bond motifs is 1. The molecule has 4 nitrogen and oxygen atoms in total. The van der Waals surface area contributed by atoms with Crippen LogP contribution in [-0.4, -0.2) is 35.2 Å². The number of ether oxygens (including phenoxy) is 1. The number of hydrogen-bond donors (Lipinski definition) is 0. The van der Waals surface area contributed by atoms with Crippen molar-refractivity contribution < 1.29 is 4.74 Å². The summed E-state index contributed by atoms with van der Waals surface area (Å²) in [5, 5.41) is 1.77. The molecule has 1 saturated carbocycles. The van der Waals surface area contributed by atoms with Gasteiger partial charge in [-0.05, 0) is 37.9 Å². The summed E-state index contributed by atoms with van der Waals surface area (Å²) in [4.78, 5) is 13.5. The molecule has 0 radical (unpaired) electrons. The smallest absolute Gasteiger partial charge is 0.208 e. The predicted octanol–water partition coefficient (Wildman–Crippen LogP) is 1.24. The minimum atomic E-state index is 0.339. The van der Waals surface area contributed by atoms with E-state index in [-0.39, 0.29) is 0 Å². The van der Waals surface area contributed by atoms with Crippen LogP contribution in [0.4, 0.5) is 0 Å². The molecule has 0 aromatic carbocycles. The molecule has 0 amide bonds. The summed E-state index contributed by atoms with van der Waals surface area (Å²) in [7, 11) is 2.03. The molecule has 0 bridgehead atoms. The van der Waals surface area contributed by atoms with Gasteiger partial charge in [0.1, 0.15) is 14.0 Å². The molecule has 0 unspecified atom stereocenters. The van der Waals surface area contributed by atoms with Crippen LogP contribution in [0.5, 0.6) is 5.88 Å². The first kappa shape index (κ1) is 12.7. The monoisotopic (exact) mass is 273 g/mol. The van der Waals surface area contributed by atoms with Gasteiger partial charge < -0.3 is 4.74 Å². The summed E-state index contributed by atoms with van der Waals surface area (Å²) in [6.07, 6.45) is 5.85. The van der Waals surface area contributed by atoms with Crippen LogP contribution in [0.25, 0.3) is 11.0 Å². The van der Waals surface area contributed by atoms with Crippen LogP contribution in [0.3, 0.4) is 0 Å². The fourth-order valence-electron chi connectivity index (χ4n) is 2.12. The van der Waals surface area contributed by atoms with E-state index in [1.807, 2.05) is 21.0 Å². The molecular weight excluding hydrogens is 257 g/mol. The van der Waals surface area contributed by atoms with E-state index in [0.717, 1.165) is 46.1 Å². The maximum Gasteiger partial charge on any atom is 0.208 e. The van der Waals surface area contributed by atoms with Crippen LogP contribution in [0.2, 0.25) is 0 Å². The number of nitrogens with zero attached hydrogens (tertiary/aromatic N) is 3. The molecule has 19 heavy (non-hydrogen) atoms. The van der Waals surface area contributed by atoms with Gasteiger partial charge in [-0.1, -0.05) is 17.8 Å². The molecule has 2 aromatic rings. The highest BCUT2D eigenvalue weighted by molar-refractivity contribution is 7.98. The van der Waals surface area contributed by atoms with Gasteiger partial charge in [-0.3, -0.25) is 0 Å². The Morgan fingerprint density at radius 1 is 1.32 bits per heavy atom. The van der Waals surface area contributed by atoms with Crippen molar-refractivity contribution in [1.82, 2.24) is 15.0 Å². The summed E-state index contributed by atoms with van der Waals surface area (Å²) in [6, 6.07) is 2.08. The molecule has 2 heterocycles. The highest BCUT2D eigenvalue weighted by Crippen LogP contribution is 2.25. The van der Waals surface area contributed by atoms with Crippen molar-refractivity contribution in [3.63, 3.8) is 0 Å². The predicted molar refractivity (Wildman–Crippen MR) is 80.3 cm³/mol. The van der Waals surface area contributed by atoms with Gasteiger partial charge in [-0.2, -0.15) is 4.98 Å². The Balaban J connectivity index is 2.06. The molecule has 0 atom stereocenters. The quantitative estimate of drug-likeness (QED) is 0.478. The third kappa shape index (κ3) is 2.41. The van der Waals surface area contributed by atoms with Crippen molar-refractivity contribution >= 4 is 36.1 Å². The van der Waals surface area contributed by atoms with Gasteiger partial charge in [-0.25, -0.2) is 9.97 Å². The van der Waals surface area contributed by atoms with Crippen molar-refractivity contribution in [2.75, 3.05) is 6.26 Å². The van der Waals surface area contributed by atoms with Crippen molar-refractivity contribution in [1.29, 1.82) is 0 Å². The largest absolute Gasteiger partial charge is 0.475 e. The lowest BCUT2D eigenvalue weighted by molar-refractivity contribution is 0.116. The van der Waals surface area contributed by atoms with Gasteiger partial charge in [-0.15, -0.1) is 0 Å². The van der Waals surface area contributed by atoms with Gasteiger partial charge >= 0.3 is 0 Å². The van der Waals surface area contributed by atoms with Crippen molar-refractivity contribution in [3.8, 4) is 5.88 Å². The second-order valence-corrected chi connectivity index (χ2v) is 5.72. The minimum Gasteiger partial charge on any atom is -0.475 e. The summed E-state index contributed by atoms with van der Waals surface area (Å²) >= 11 is 1.53. The Labute approximate surface area is 117 Å². The number of hydrogen-bond acceptors (Lipinski definition) is 5. The zero-order chi connectivity index (χ0) is 13.4. The maximum atomic E-state index is 5.92. The molecule has 2 aromatic heterocycles. The van der Waals surface area contributed by atoms with Gasteiger partial charge in [0.15, 0.2) is 10.8 Å². The zero-order valence-electron chi connectivity index (χ0n) is 11.4. The third-order valence-corrected chi connectivity index (χ3v) is 4.06. The second kappa shape index (κ2) is 5.00. The van der Waals surface area contributed by atoms with E-state index in [1.165, 1.54) is 18.2 Å². The van der Waals surface area contributed by atoms with Crippen LogP contribution in [-0.2, 0) is 0 Å². The van der Waals surface area contributed by atoms with Gasteiger partial charge in [0.05, 0.1) is 5.69 Å². The second-order valence-electron chi connectivity index (χ2n) is 4.95. The van der Waals surface area contributed by atoms with E-state index < -0.39 is 0 Å². The minimum absolute atomic E-state index is 0.339. The average Bonchev–Trinajstić information content (AvgIpc) is 2.35. The molecule has 1 fully saturated rings. The fourth-order valence-corrected chi connectivity index (χ4v) is 2.52. The van der Waals surface area contributed by atoms with E-state index in [1.54, 1.807) is 0 Å². The molecule has 1 aliphatic carbocycles. The Morgan fingerprint density at radius 3 is 2.74 bits per heavy atom.